The van der Waals surface area contributed by atoms with Crippen LogP contribution in [0.4, 0.5) is 5.69 Å². The lowest BCUT2D eigenvalue weighted by molar-refractivity contribution is 0.690. The minimum atomic E-state index is 0.762. The summed E-state index contributed by atoms with van der Waals surface area (Å²) in [6.07, 6.45) is 3.32. The second kappa shape index (κ2) is 6.22. The second-order valence-corrected chi connectivity index (χ2v) is 5.92. The molecule has 1 aromatic heterocycles. The molecule has 0 aliphatic carbocycles. The number of anilines is 1. The smallest absolute Gasteiger partial charge is 0.112 e. The summed E-state index contributed by atoms with van der Waals surface area (Å²) in [6.45, 7) is 5.17. The van der Waals surface area contributed by atoms with E-state index in [1.807, 2.05) is 12.1 Å². The fourth-order valence-corrected chi connectivity index (χ4v) is 2.80. The van der Waals surface area contributed by atoms with E-state index in [0.717, 1.165) is 41.9 Å². The van der Waals surface area contributed by atoms with Gasteiger partial charge < -0.3 is 10.3 Å². The van der Waals surface area contributed by atoms with Gasteiger partial charge in [0.15, 0.2) is 0 Å². The van der Waals surface area contributed by atoms with Crippen LogP contribution in [0, 0.1) is 6.92 Å². The number of nitrogen functional groups attached to an aromatic ring is 1. The molecule has 22 heavy (non-hydrogen) atoms. The van der Waals surface area contributed by atoms with Crippen LogP contribution in [0.1, 0.15) is 36.7 Å². The maximum absolute atomic E-state index is 6.10. The van der Waals surface area contributed by atoms with Crippen LogP contribution < -0.4 is 5.73 Å². The molecule has 3 nitrogen and oxygen atoms in total. The molecule has 114 valence electrons. The van der Waals surface area contributed by atoms with Gasteiger partial charge in [-0.05, 0) is 31.0 Å². The van der Waals surface area contributed by atoms with Gasteiger partial charge in [0.05, 0.1) is 11.2 Å². The van der Waals surface area contributed by atoms with Crippen molar-refractivity contribution in [2.75, 3.05) is 5.73 Å². The van der Waals surface area contributed by atoms with Crippen molar-refractivity contribution >= 4 is 16.7 Å². The molecule has 0 atom stereocenters. The van der Waals surface area contributed by atoms with E-state index >= 15 is 0 Å². The molecule has 0 radical (unpaired) electrons. The molecular weight excluding hydrogens is 270 g/mol. The monoisotopic (exact) mass is 293 g/mol. The lowest BCUT2D eigenvalue weighted by Gasteiger charge is -2.10. The lowest BCUT2D eigenvalue weighted by atomic mass is 10.1. The third kappa shape index (κ3) is 2.84. The third-order valence-electron chi connectivity index (χ3n) is 4.10. The number of rotatable bonds is 5. The molecule has 3 rings (SSSR count). The third-order valence-corrected chi connectivity index (χ3v) is 4.10. The van der Waals surface area contributed by atoms with Crippen molar-refractivity contribution in [3.63, 3.8) is 0 Å². The fourth-order valence-electron chi connectivity index (χ4n) is 2.80. The van der Waals surface area contributed by atoms with Gasteiger partial charge in [-0.3, -0.25) is 0 Å². The van der Waals surface area contributed by atoms with Crippen molar-refractivity contribution in [3.05, 3.63) is 59.4 Å². The van der Waals surface area contributed by atoms with Crippen LogP contribution in [-0.2, 0) is 13.0 Å². The number of imidazole rings is 1. The predicted octanol–water partition coefficient (Wildman–Crippen LogP) is 4.32. The molecule has 0 aliphatic heterocycles. The van der Waals surface area contributed by atoms with Crippen LogP contribution in [0.3, 0.4) is 0 Å². The highest BCUT2D eigenvalue weighted by molar-refractivity contribution is 5.87. The molecular formula is C19H23N3. The summed E-state index contributed by atoms with van der Waals surface area (Å²) in [7, 11) is 0. The topological polar surface area (TPSA) is 43.8 Å². The van der Waals surface area contributed by atoms with Crippen LogP contribution in [-0.4, -0.2) is 9.55 Å². The van der Waals surface area contributed by atoms with Gasteiger partial charge in [-0.2, -0.15) is 0 Å². The van der Waals surface area contributed by atoms with E-state index in [1.165, 1.54) is 17.5 Å². The van der Waals surface area contributed by atoms with E-state index in [2.05, 4.69) is 48.7 Å². The molecule has 2 aromatic carbocycles. The van der Waals surface area contributed by atoms with E-state index < -0.39 is 0 Å². The minimum Gasteiger partial charge on any atom is -0.397 e. The van der Waals surface area contributed by atoms with Crippen LogP contribution in [0.2, 0.25) is 0 Å². The summed E-state index contributed by atoms with van der Waals surface area (Å²) in [5.74, 6) is 1.13. The maximum atomic E-state index is 6.10. The van der Waals surface area contributed by atoms with Crippen LogP contribution in [0.15, 0.2) is 42.5 Å². The van der Waals surface area contributed by atoms with Gasteiger partial charge >= 0.3 is 0 Å². The number of nitrogens with zero attached hydrogens (tertiary/aromatic N) is 2. The number of hydrogen-bond acceptors (Lipinski definition) is 2. The van der Waals surface area contributed by atoms with Crippen molar-refractivity contribution in [3.8, 4) is 0 Å². The Kier molecular flexibility index (Phi) is 4.14. The van der Waals surface area contributed by atoms with E-state index in [-0.39, 0.29) is 0 Å². The second-order valence-electron chi connectivity index (χ2n) is 5.92. The Morgan fingerprint density at radius 2 is 1.86 bits per heavy atom. The van der Waals surface area contributed by atoms with Gasteiger partial charge in [0, 0.05) is 13.0 Å². The Hall–Kier alpha value is -2.29. The molecule has 3 aromatic rings. The van der Waals surface area contributed by atoms with Gasteiger partial charge in [-0.15, -0.1) is 0 Å². The Morgan fingerprint density at radius 1 is 1.09 bits per heavy atom. The molecule has 0 fully saturated rings. The van der Waals surface area contributed by atoms with Gasteiger partial charge in [-0.25, -0.2) is 4.98 Å². The molecule has 3 heteroatoms. The normalized spacial score (nSPS) is 11.2. The average Bonchev–Trinajstić information content (AvgIpc) is 2.87. The SMILES string of the molecule is CCCCc1nc2c(N)cccc2n1Cc1ccc(C)cc1. The number of nitrogens with two attached hydrogens (primary N) is 1. The fraction of sp³-hybridized carbons (Fsp3) is 0.316. The molecule has 0 bridgehead atoms. The highest BCUT2D eigenvalue weighted by Crippen LogP contribution is 2.24. The summed E-state index contributed by atoms with van der Waals surface area (Å²) in [5.41, 5.74) is 11.5. The van der Waals surface area contributed by atoms with Gasteiger partial charge in [0.1, 0.15) is 11.3 Å². The van der Waals surface area contributed by atoms with Crippen LogP contribution in [0.5, 0.6) is 0 Å². The first-order chi connectivity index (χ1) is 10.7. The van der Waals surface area contributed by atoms with Crippen LogP contribution in [0.25, 0.3) is 11.0 Å². The molecule has 0 aliphatic rings. The lowest BCUT2D eigenvalue weighted by Crippen LogP contribution is -2.05. The van der Waals surface area contributed by atoms with Crippen molar-refractivity contribution in [1.29, 1.82) is 0 Å². The quantitative estimate of drug-likeness (QED) is 0.712. The number of aromatic nitrogens is 2. The zero-order chi connectivity index (χ0) is 15.5. The largest absolute Gasteiger partial charge is 0.397 e. The first-order valence-corrected chi connectivity index (χ1v) is 7.98. The Bertz CT molecular complexity index is 769. The Labute approximate surface area is 131 Å². The standard InChI is InChI=1S/C19H23N3/c1-3-4-8-18-21-19-16(20)6-5-7-17(19)22(18)13-15-11-9-14(2)10-12-15/h5-7,9-12H,3-4,8,13,20H2,1-2H3. The minimum absolute atomic E-state index is 0.762. The predicted molar refractivity (Wildman–Crippen MR) is 93.0 cm³/mol. The van der Waals surface area contributed by atoms with Crippen molar-refractivity contribution < 1.29 is 0 Å². The molecule has 2 N–H and O–H groups in total. The Morgan fingerprint density at radius 3 is 2.59 bits per heavy atom. The summed E-state index contributed by atoms with van der Waals surface area (Å²) < 4.78 is 2.31. The number of para-hydroxylation sites is 1. The molecule has 0 saturated heterocycles. The summed E-state index contributed by atoms with van der Waals surface area (Å²) in [5, 5.41) is 0. The average molecular weight is 293 g/mol. The van der Waals surface area contributed by atoms with E-state index in [4.69, 9.17) is 10.7 Å². The molecule has 0 unspecified atom stereocenters. The molecule has 0 spiro atoms. The highest BCUT2D eigenvalue weighted by Gasteiger charge is 2.12. The number of hydrogen-bond donors (Lipinski definition) is 1. The van der Waals surface area contributed by atoms with Crippen molar-refractivity contribution in [2.45, 2.75) is 39.7 Å². The summed E-state index contributed by atoms with van der Waals surface area (Å²) >= 11 is 0. The first kappa shape index (κ1) is 14.6. The zero-order valence-electron chi connectivity index (χ0n) is 13.3. The Balaban J connectivity index is 2.04. The molecule has 0 saturated carbocycles. The zero-order valence-corrected chi connectivity index (χ0v) is 13.3. The van der Waals surface area contributed by atoms with Crippen molar-refractivity contribution in [1.82, 2.24) is 9.55 Å². The van der Waals surface area contributed by atoms with E-state index in [9.17, 15) is 0 Å². The first-order valence-electron chi connectivity index (χ1n) is 7.98. The number of aryl methyl sites for hydroxylation is 2. The van der Waals surface area contributed by atoms with Gasteiger partial charge in [0.2, 0.25) is 0 Å². The number of benzene rings is 2. The number of fused-ring (bicyclic) bond motifs is 1. The number of unbranched alkanes of at least 4 members (excludes halogenated alkanes) is 1. The van der Waals surface area contributed by atoms with E-state index in [1.54, 1.807) is 0 Å². The molecule has 1 heterocycles. The maximum Gasteiger partial charge on any atom is 0.112 e. The van der Waals surface area contributed by atoms with Gasteiger partial charge in [0.25, 0.3) is 0 Å². The summed E-state index contributed by atoms with van der Waals surface area (Å²) in [6, 6.07) is 14.8. The van der Waals surface area contributed by atoms with Crippen LogP contribution >= 0.6 is 0 Å². The summed E-state index contributed by atoms with van der Waals surface area (Å²) in [4.78, 5) is 4.80. The van der Waals surface area contributed by atoms with Gasteiger partial charge in [-0.1, -0.05) is 49.2 Å². The van der Waals surface area contributed by atoms with E-state index in [0.29, 0.717) is 0 Å². The molecule has 0 amide bonds. The van der Waals surface area contributed by atoms with Crippen molar-refractivity contribution in [2.24, 2.45) is 0 Å². The highest BCUT2D eigenvalue weighted by atomic mass is 15.1.